The zero-order valence-corrected chi connectivity index (χ0v) is 11.5. The van der Waals surface area contributed by atoms with Crippen LogP contribution < -0.4 is 0 Å². The number of carbonyl (C=O) groups excluding carboxylic acids is 1. The molecule has 0 saturated heterocycles. The number of carboxylic acid groups (broad SMARTS) is 1. The van der Waals surface area contributed by atoms with Gasteiger partial charge in [0.25, 0.3) is 11.6 Å². The van der Waals surface area contributed by atoms with Crippen LogP contribution in [0.2, 0.25) is 0 Å². The van der Waals surface area contributed by atoms with Crippen LogP contribution in [-0.2, 0) is 4.79 Å². The molecule has 8 nitrogen and oxygen atoms in total. The molecule has 0 radical (unpaired) electrons. The quantitative estimate of drug-likeness (QED) is 0.645. The van der Waals surface area contributed by atoms with Gasteiger partial charge in [0.05, 0.1) is 10.5 Å². The van der Waals surface area contributed by atoms with Gasteiger partial charge in [0.15, 0.2) is 0 Å². The van der Waals surface area contributed by atoms with Crippen molar-refractivity contribution in [2.75, 3.05) is 6.54 Å². The van der Waals surface area contributed by atoms with E-state index in [1.165, 1.54) is 29.3 Å². The number of nitrogens with zero attached hydrogens (tertiary/aromatic N) is 2. The number of nitro benzene ring substituents is 1. The third-order valence-electron chi connectivity index (χ3n) is 3.66. The number of benzene rings is 1. The van der Waals surface area contributed by atoms with E-state index in [0.29, 0.717) is 10.9 Å². The van der Waals surface area contributed by atoms with Crippen molar-refractivity contribution < 1.29 is 19.6 Å². The van der Waals surface area contributed by atoms with E-state index in [1.54, 1.807) is 0 Å². The molecule has 0 bridgehead atoms. The highest BCUT2D eigenvalue weighted by molar-refractivity contribution is 6.08. The maximum Gasteiger partial charge on any atom is 0.323 e. The Labute approximate surface area is 124 Å². The molecule has 0 spiro atoms. The van der Waals surface area contributed by atoms with Crippen molar-refractivity contribution in [1.29, 1.82) is 0 Å². The van der Waals surface area contributed by atoms with E-state index >= 15 is 0 Å². The Kier molecular flexibility index (Phi) is 3.28. The second kappa shape index (κ2) is 5.14. The average molecular weight is 303 g/mol. The van der Waals surface area contributed by atoms with Crippen LogP contribution in [0.1, 0.15) is 23.2 Å². The normalized spacial score (nSPS) is 14.0. The minimum Gasteiger partial charge on any atom is -0.480 e. The van der Waals surface area contributed by atoms with Crippen LogP contribution in [0.4, 0.5) is 5.69 Å². The molecule has 2 N–H and O–H groups in total. The summed E-state index contributed by atoms with van der Waals surface area (Å²) in [4.78, 5) is 38.1. The summed E-state index contributed by atoms with van der Waals surface area (Å²) in [7, 11) is 0. The van der Waals surface area contributed by atoms with Gasteiger partial charge < -0.3 is 15.0 Å². The van der Waals surface area contributed by atoms with Crippen molar-refractivity contribution in [3.05, 3.63) is 40.1 Å². The Bertz CT molecular complexity index is 778. The minimum atomic E-state index is -1.08. The van der Waals surface area contributed by atoms with Crippen LogP contribution in [0.3, 0.4) is 0 Å². The summed E-state index contributed by atoms with van der Waals surface area (Å²) in [6.45, 7) is -0.370. The molecule has 1 amide bonds. The van der Waals surface area contributed by atoms with Gasteiger partial charge in [-0.25, -0.2) is 0 Å². The molecule has 0 aliphatic heterocycles. The molecule has 2 aromatic rings. The van der Waals surface area contributed by atoms with E-state index in [4.69, 9.17) is 5.11 Å². The lowest BCUT2D eigenvalue weighted by atomic mass is 10.1. The van der Waals surface area contributed by atoms with Gasteiger partial charge in [-0.3, -0.25) is 19.7 Å². The predicted octanol–water partition coefficient (Wildman–Crippen LogP) is 1.77. The maximum absolute atomic E-state index is 12.6. The van der Waals surface area contributed by atoms with E-state index in [9.17, 15) is 19.7 Å². The fourth-order valence-electron chi connectivity index (χ4n) is 2.45. The SMILES string of the molecule is O=C(O)CN(C(=O)c1c[nH]c2ccc([N+](=O)[O-])cc12)C1CC1. The van der Waals surface area contributed by atoms with Crippen LogP contribution >= 0.6 is 0 Å². The number of nitrogens with one attached hydrogen (secondary N) is 1. The zero-order chi connectivity index (χ0) is 15.9. The van der Waals surface area contributed by atoms with Crippen molar-refractivity contribution in [3.63, 3.8) is 0 Å². The third kappa shape index (κ3) is 2.50. The van der Waals surface area contributed by atoms with Crippen molar-refractivity contribution >= 4 is 28.5 Å². The molecule has 1 aromatic carbocycles. The molecule has 1 aliphatic rings. The van der Waals surface area contributed by atoms with E-state index in [1.807, 2.05) is 0 Å². The number of amides is 1. The first-order valence-corrected chi connectivity index (χ1v) is 6.75. The highest BCUT2D eigenvalue weighted by atomic mass is 16.6. The largest absolute Gasteiger partial charge is 0.480 e. The molecule has 22 heavy (non-hydrogen) atoms. The van der Waals surface area contributed by atoms with E-state index in [2.05, 4.69) is 4.98 Å². The Morgan fingerprint density at radius 3 is 2.73 bits per heavy atom. The molecular formula is C14H13N3O5. The topological polar surface area (TPSA) is 117 Å². The van der Waals surface area contributed by atoms with Gasteiger partial charge in [0, 0.05) is 35.3 Å². The molecule has 1 aliphatic carbocycles. The number of hydrogen-bond donors (Lipinski definition) is 2. The zero-order valence-electron chi connectivity index (χ0n) is 11.5. The van der Waals surface area contributed by atoms with E-state index < -0.39 is 16.8 Å². The number of nitro groups is 1. The summed E-state index contributed by atoms with van der Waals surface area (Å²) in [6.07, 6.45) is 3.02. The van der Waals surface area contributed by atoms with Crippen LogP contribution in [0.25, 0.3) is 10.9 Å². The van der Waals surface area contributed by atoms with Crippen molar-refractivity contribution in [3.8, 4) is 0 Å². The number of fused-ring (bicyclic) bond motifs is 1. The molecule has 3 rings (SSSR count). The second-order valence-corrected chi connectivity index (χ2v) is 5.25. The molecule has 1 aromatic heterocycles. The Hall–Kier alpha value is -2.90. The summed E-state index contributed by atoms with van der Waals surface area (Å²) in [6, 6.07) is 4.14. The number of carboxylic acids is 1. The first-order valence-electron chi connectivity index (χ1n) is 6.75. The van der Waals surface area contributed by atoms with Gasteiger partial charge in [-0.2, -0.15) is 0 Å². The van der Waals surface area contributed by atoms with Crippen LogP contribution in [0.15, 0.2) is 24.4 Å². The molecule has 1 heterocycles. The number of aliphatic carboxylic acids is 1. The molecular weight excluding hydrogens is 290 g/mol. The van der Waals surface area contributed by atoms with Gasteiger partial charge in [0.1, 0.15) is 6.54 Å². The molecule has 1 fully saturated rings. The van der Waals surface area contributed by atoms with Crippen LogP contribution in [0.5, 0.6) is 0 Å². The number of non-ortho nitro benzene ring substituents is 1. The third-order valence-corrected chi connectivity index (χ3v) is 3.66. The van der Waals surface area contributed by atoms with Crippen LogP contribution in [0, 0.1) is 10.1 Å². The number of H-pyrrole nitrogens is 1. The van der Waals surface area contributed by atoms with Crippen molar-refractivity contribution in [2.24, 2.45) is 0 Å². The van der Waals surface area contributed by atoms with Gasteiger partial charge in [-0.15, -0.1) is 0 Å². The summed E-state index contributed by atoms with van der Waals surface area (Å²) < 4.78 is 0. The van der Waals surface area contributed by atoms with E-state index in [-0.39, 0.29) is 23.8 Å². The monoisotopic (exact) mass is 303 g/mol. The van der Waals surface area contributed by atoms with Crippen LogP contribution in [-0.4, -0.2) is 44.4 Å². The summed E-state index contributed by atoms with van der Waals surface area (Å²) in [5, 5.41) is 20.2. The average Bonchev–Trinajstić information content (AvgIpc) is 3.22. The molecule has 0 atom stereocenters. The maximum atomic E-state index is 12.6. The fourth-order valence-corrected chi connectivity index (χ4v) is 2.45. The van der Waals surface area contributed by atoms with Gasteiger partial charge in [0.2, 0.25) is 0 Å². The highest BCUT2D eigenvalue weighted by Gasteiger charge is 2.35. The number of aromatic amines is 1. The highest BCUT2D eigenvalue weighted by Crippen LogP contribution is 2.30. The summed E-state index contributed by atoms with van der Waals surface area (Å²) in [5.41, 5.74) is 0.740. The predicted molar refractivity (Wildman–Crippen MR) is 76.6 cm³/mol. The van der Waals surface area contributed by atoms with E-state index in [0.717, 1.165) is 12.8 Å². The lowest BCUT2D eigenvalue weighted by molar-refractivity contribution is -0.384. The minimum absolute atomic E-state index is 0.0627. The molecule has 114 valence electrons. The number of carbonyl (C=O) groups is 2. The number of aromatic nitrogens is 1. The second-order valence-electron chi connectivity index (χ2n) is 5.25. The van der Waals surface area contributed by atoms with Crippen molar-refractivity contribution in [1.82, 2.24) is 9.88 Å². The summed E-state index contributed by atoms with van der Waals surface area (Å²) in [5.74, 6) is -1.50. The molecule has 8 heteroatoms. The van der Waals surface area contributed by atoms with Crippen molar-refractivity contribution in [2.45, 2.75) is 18.9 Å². The number of hydrogen-bond acceptors (Lipinski definition) is 4. The first kappa shape index (κ1) is 14.1. The molecule has 0 unspecified atom stereocenters. The fraction of sp³-hybridized carbons (Fsp3) is 0.286. The Morgan fingerprint density at radius 2 is 2.14 bits per heavy atom. The Morgan fingerprint density at radius 1 is 1.41 bits per heavy atom. The van der Waals surface area contributed by atoms with Gasteiger partial charge in [-0.05, 0) is 18.9 Å². The Balaban J connectivity index is 2.00. The lowest BCUT2D eigenvalue weighted by Gasteiger charge is -2.19. The number of rotatable bonds is 5. The standard InChI is InChI=1S/C14H13N3O5/c18-13(19)7-16(8-1-2-8)14(20)11-6-15-12-4-3-9(17(21)22)5-10(11)12/h3-6,8,15H,1-2,7H2,(H,18,19). The van der Waals surface area contributed by atoms with Gasteiger partial charge >= 0.3 is 5.97 Å². The smallest absolute Gasteiger partial charge is 0.323 e. The first-order chi connectivity index (χ1) is 10.5. The lowest BCUT2D eigenvalue weighted by Crippen LogP contribution is -2.37. The summed E-state index contributed by atoms with van der Waals surface area (Å²) >= 11 is 0. The van der Waals surface area contributed by atoms with Gasteiger partial charge in [-0.1, -0.05) is 0 Å². The molecule has 1 saturated carbocycles.